The second kappa shape index (κ2) is 6.38. The standard InChI is InChI=1S/C10H15N5O4/c1-14(5-8-12-2-3-13-8)10(19)15(4-7(11)16)6-9(17)18/h2-3H,4-6H2,1H3,(H2,11,16)(H,12,13)(H,17,18). The van der Waals surface area contributed by atoms with Crippen LogP contribution in [0, 0.1) is 0 Å². The van der Waals surface area contributed by atoms with E-state index in [0.29, 0.717) is 5.82 Å². The zero-order chi connectivity index (χ0) is 14.4. The molecule has 0 radical (unpaired) electrons. The van der Waals surface area contributed by atoms with Crippen molar-refractivity contribution < 1.29 is 19.5 Å². The van der Waals surface area contributed by atoms with E-state index < -0.39 is 31.0 Å². The molecule has 0 aromatic carbocycles. The molecule has 19 heavy (non-hydrogen) atoms. The van der Waals surface area contributed by atoms with Crippen molar-refractivity contribution in [2.75, 3.05) is 20.1 Å². The molecule has 0 bridgehead atoms. The van der Waals surface area contributed by atoms with Gasteiger partial charge in [0, 0.05) is 19.4 Å². The van der Waals surface area contributed by atoms with Crippen LogP contribution in [0.25, 0.3) is 0 Å². The first kappa shape index (κ1) is 14.5. The molecule has 1 rings (SSSR count). The van der Waals surface area contributed by atoms with Crippen LogP contribution in [0.3, 0.4) is 0 Å². The topological polar surface area (TPSA) is 133 Å². The average molecular weight is 269 g/mol. The molecule has 0 aliphatic carbocycles. The lowest BCUT2D eigenvalue weighted by molar-refractivity contribution is -0.138. The molecule has 1 aromatic heterocycles. The lowest BCUT2D eigenvalue weighted by Gasteiger charge is -2.25. The van der Waals surface area contributed by atoms with Crippen molar-refractivity contribution in [2.45, 2.75) is 6.54 Å². The number of hydrogen-bond acceptors (Lipinski definition) is 4. The number of H-pyrrole nitrogens is 1. The van der Waals surface area contributed by atoms with Gasteiger partial charge in [-0.1, -0.05) is 0 Å². The Kier molecular flexibility index (Phi) is 4.86. The molecule has 0 saturated carbocycles. The monoisotopic (exact) mass is 269 g/mol. The van der Waals surface area contributed by atoms with Crippen molar-refractivity contribution in [1.29, 1.82) is 0 Å². The molecule has 0 spiro atoms. The highest BCUT2D eigenvalue weighted by Gasteiger charge is 2.22. The predicted octanol–water partition coefficient (Wildman–Crippen LogP) is -1.17. The largest absolute Gasteiger partial charge is 0.480 e. The van der Waals surface area contributed by atoms with E-state index in [4.69, 9.17) is 10.8 Å². The van der Waals surface area contributed by atoms with E-state index in [1.807, 2.05) is 0 Å². The SMILES string of the molecule is CN(Cc1ncc[nH]1)C(=O)N(CC(N)=O)CC(=O)O. The minimum absolute atomic E-state index is 0.167. The van der Waals surface area contributed by atoms with Gasteiger partial charge >= 0.3 is 12.0 Å². The number of aromatic nitrogens is 2. The Balaban J connectivity index is 2.68. The van der Waals surface area contributed by atoms with Gasteiger partial charge in [0.25, 0.3) is 0 Å². The first-order valence-corrected chi connectivity index (χ1v) is 5.38. The molecular weight excluding hydrogens is 254 g/mol. The minimum Gasteiger partial charge on any atom is -0.480 e. The Morgan fingerprint density at radius 3 is 2.58 bits per heavy atom. The van der Waals surface area contributed by atoms with E-state index in [9.17, 15) is 14.4 Å². The lowest BCUT2D eigenvalue weighted by atomic mass is 10.4. The Morgan fingerprint density at radius 2 is 2.11 bits per heavy atom. The fraction of sp³-hybridized carbons (Fsp3) is 0.400. The number of urea groups is 1. The van der Waals surface area contributed by atoms with Gasteiger partial charge in [-0.2, -0.15) is 0 Å². The number of aromatic amines is 1. The van der Waals surface area contributed by atoms with Crippen molar-refractivity contribution in [2.24, 2.45) is 5.73 Å². The second-order valence-electron chi connectivity index (χ2n) is 3.89. The molecule has 0 fully saturated rings. The fourth-order valence-corrected chi connectivity index (χ4v) is 1.46. The molecule has 9 nitrogen and oxygen atoms in total. The number of imidazole rings is 1. The number of carboxylic acid groups (broad SMARTS) is 1. The number of amides is 3. The summed E-state index contributed by atoms with van der Waals surface area (Å²) in [6, 6.07) is -0.613. The van der Waals surface area contributed by atoms with Gasteiger partial charge in [0.1, 0.15) is 18.9 Å². The molecule has 0 saturated heterocycles. The zero-order valence-corrected chi connectivity index (χ0v) is 10.4. The smallest absolute Gasteiger partial charge is 0.323 e. The highest BCUT2D eigenvalue weighted by molar-refractivity contribution is 5.85. The highest BCUT2D eigenvalue weighted by Crippen LogP contribution is 2.01. The summed E-state index contributed by atoms with van der Waals surface area (Å²) >= 11 is 0. The number of carbonyl (C=O) groups excluding carboxylic acids is 2. The van der Waals surface area contributed by atoms with Crippen molar-refractivity contribution in [1.82, 2.24) is 19.8 Å². The van der Waals surface area contributed by atoms with Crippen LogP contribution in [0.4, 0.5) is 4.79 Å². The number of aliphatic carboxylic acids is 1. The summed E-state index contributed by atoms with van der Waals surface area (Å²) in [5, 5.41) is 8.70. The maximum atomic E-state index is 12.0. The minimum atomic E-state index is -1.22. The van der Waals surface area contributed by atoms with Crippen LogP contribution in [0.1, 0.15) is 5.82 Å². The maximum absolute atomic E-state index is 12.0. The van der Waals surface area contributed by atoms with Gasteiger partial charge in [0.15, 0.2) is 0 Å². The number of primary amides is 1. The van der Waals surface area contributed by atoms with E-state index in [1.165, 1.54) is 18.1 Å². The zero-order valence-electron chi connectivity index (χ0n) is 10.4. The first-order chi connectivity index (χ1) is 8.90. The second-order valence-corrected chi connectivity index (χ2v) is 3.89. The third-order valence-electron chi connectivity index (χ3n) is 2.21. The van der Waals surface area contributed by atoms with E-state index in [0.717, 1.165) is 4.90 Å². The maximum Gasteiger partial charge on any atom is 0.323 e. The summed E-state index contributed by atoms with van der Waals surface area (Å²) in [6.45, 7) is -0.876. The van der Waals surface area contributed by atoms with E-state index in [-0.39, 0.29) is 6.54 Å². The Hall–Kier alpha value is -2.58. The molecule has 0 aliphatic heterocycles. The third-order valence-corrected chi connectivity index (χ3v) is 2.21. The predicted molar refractivity (Wildman–Crippen MR) is 63.9 cm³/mol. The normalized spacial score (nSPS) is 9.95. The number of carboxylic acids is 1. The molecule has 0 aliphatic rings. The Morgan fingerprint density at radius 1 is 1.42 bits per heavy atom. The van der Waals surface area contributed by atoms with Gasteiger partial charge in [-0.15, -0.1) is 0 Å². The molecule has 0 atom stereocenters. The number of rotatable bonds is 6. The fourth-order valence-electron chi connectivity index (χ4n) is 1.46. The number of nitrogens with zero attached hydrogens (tertiary/aromatic N) is 3. The van der Waals surface area contributed by atoms with Crippen LogP contribution < -0.4 is 5.73 Å². The third kappa shape index (κ3) is 4.66. The Labute approximate surface area is 109 Å². The molecule has 104 valence electrons. The van der Waals surface area contributed by atoms with Crippen LogP contribution in [-0.2, 0) is 16.1 Å². The quantitative estimate of drug-likeness (QED) is 0.598. The van der Waals surface area contributed by atoms with E-state index in [2.05, 4.69) is 9.97 Å². The van der Waals surface area contributed by atoms with Crippen molar-refractivity contribution in [3.8, 4) is 0 Å². The molecule has 3 amide bonds. The molecule has 1 aromatic rings. The van der Waals surface area contributed by atoms with Gasteiger partial charge in [0.05, 0.1) is 6.54 Å². The summed E-state index contributed by atoms with van der Waals surface area (Å²) in [5.41, 5.74) is 4.98. The van der Waals surface area contributed by atoms with Crippen LogP contribution >= 0.6 is 0 Å². The summed E-state index contributed by atoms with van der Waals surface area (Å²) in [7, 11) is 1.47. The number of nitrogens with one attached hydrogen (secondary N) is 1. The lowest BCUT2D eigenvalue weighted by Crippen LogP contribution is -2.47. The number of carbonyl (C=O) groups is 3. The van der Waals surface area contributed by atoms with Crippen LogP contribution in [0.5, 0.6) is 0 Å². The van der Waals surface area contributed by atoms with Gasteiger partial charge in [0.2, 0.25) is 5.91 Å². The molecule has 9 heteroatoms. The summed E-state index contributed by atoms with van der Waals surface area (Å²) in [5.74, 6) is -1.45. The van der Waals surface area contributed by atoms with Gasteiger partial charge in [-0.05, 0) is 0 Å². The molecule has 4 N–H and O–H groups in total. The number of hydrogen-bond donors (Lipinski definition) is 3. The molecule has 0 unspecified atom stereocenters. The molecular formula is C10H15N5O4. The van der Waals surface area contributed by atoms with Gasteiger partial charge in [-0.25, -0.2) is 9.78 Å². The molecule has 1 heterocycles. The highest BCUT2D eigenvalue weighted by atomic mass is 16.4. The summed E-state index contributed by atoms with van der Waals surface area (Å²) in [6.07, 6.45) is 3.14. The van der Waals surface area contributed by atoms with Crippen LogP contribution in [-0.4, -0.2) is 62.9 Å². The van der Waals surface area contributed by atoms with E-state index >= 15 is 0 Å². The summed E-state index contributed by atoms with van der Waals surface area (Å²) in [4.78, 5) is 42.3. The van der Waals surface area contributed by atoms with Crippen LogP contribution in [0.2, 0.25) is 0 Å². The van der Waals surface area contributed by atoms with Crippen molar-refractivity contribution >= 4 is 17.9 Å². The van der Waals surface area contributed by atoms with Crippen molar-refractivity contribution in [3.05, 3.63) is 18.2 Å². The Bertz CT molecular complexity index is 442. The van der Waals surface area contributed by atoms with Gasteiger partial charge in [-0.3, -0.25) is 9.59 Å². The summed E-state index contributed by atoms with van der Waals surface area (Å²) < 4.78 is 0. The number of nitrogens with two attached hydrogens (primary N) is 1. The van der Waals surface area contributed by atoms with Crippen molar-refractivity contribution in [3.63, 3.8) is 0 Å². The average Bonchev–Trinajstić information content (AvgIpc) is 2.78. The van der Waals surface area contributed by atoms with Gasteiger partial charge < -0.3 is 25.6 Å². The van der Waals surface area contributed by atoms with E-state index in [1.54, 1.807) is 6.20 Å². The first-order valence-electron chi connectivity index (χ1n) is 5.38. The van der Waals surface area contributed by atoms with Crippen LogP contribution in [0.15, 0.2) is 12.4 Å².